The maximum atomic E-state index is 12.4. The highest BCUT2D eigenvalue weighted by molar-refractivity contribution is 6.04. The molecule has 0 saturated carbocycles. The van der Waals surface area contributed by atoms with Crippen LogP contribution in [0.1, 0.15) is 76.0 Å². The maximum Gasteiger partial charge on any atom is 0.224 e. The molecule has 29 nitrogen and oxygen atoms in total. The molecule has 26 rings (SSSR count). The van der Waals surface area contributed by atoms with Gasteiger partial charge in [-0.3, -0.25) is 54.9 Å². The second kappa shape index (κ2) is 37.9. The minimum absolute atomic E-state index is 0.0290. The van der Waals surface area contributed by atoms with Crippen molar-refractivity contribution in [1.82, 2.24) is 115 Å². The number of carbonyl (C=O) groups excluding carboxylic acids is 1. The minimum atomic E-state index is -0.0895. The molecule has 1 amide bonds. The molecule has 18 heterocycles. The largest absolute Gasteiger partial charge is 0.472 e. The first-order valence-corrected chi connectivity index (χ1v) is 47.3. The smallest absolute Gasteiger partial charge is 0.224 e. The number of benzene rings is 8. The molecule has 0 atom stereocenters. The van der Waals surface area contributed by atoms with E-state index in [-0.39, 0.29) is 11.3 Å². The zero-order valence-corrected chi connectivity index (χ0v) is 78.2. The van der Waals surface area contributed by atoms with Crippen LogP contribution in [-0.4, -0.2) is 161 Å². The first kappa shape index (κ1) is 87.6. The molecule has 0 spiro atoms. The van der Waals surface area contributed by atoms with Crippen molar-refractivity contribution in [2.45, 2.75) is 78.9 Å². The van der Waals surface area contributed by atoms with Gasteiger partial charge in [0, 0.05) is 158 Å². The molecular weight excluding hydrogens is 1760 g/mol. The van der Waals surface area contributed by atoms with Crippen LogP contribution in [0.25, 0.3) is 223 Å². The maximum absolute atomic E-state index is 12.4. The lowest BCUT2D eigenvalue weighted by Crippen LogP contribution is -2.29. The van der Waals surface area contributed by atoms with Gasteiger partial charge in [-0.1, -0.05) is 100.0 Å². The van der Waals surface area contributed by atoms with Gasteiger partial charge < -0.3 is 47.8 Å². The molecule has 141 heavy (non-hydrogen) atoms. The number of aromatic amines is 8. The topological polar surface area (TPSA) is 372 Å². The van der Waals surface area contributed by atoms with Gasteiger partial charge in [-0.2, -0.15) is 20.4 Å². The summed E-state index contributed by atoms with van der Waals surface area (Å²) in [4.78, 5) is 71.0. The summed E-state index contributed by atoms with van der Waals surface area (Å²) in [5.74, 6) is 2.85. The third-order valence-corrected chi connectivity index (χ3v) is 25.9. The Bertz CT molecular complexity index is 8600. The number of anilines is 1. The van der Waals surface area contributed by atoms with Crippen molar-refractivity contribution in [1.29, 1.82) is 0 Å². The molecule has 0 radical (unpaired) electrons. The van der Waals surface area contributed by atoms with E-state index in [0.29, 0.717) is 17.9 Å². The van der Waals surface area contributed by atoms with E-state index in [4.69, 9.17) is 37.6 Å². The molecule has 16 aromatic heterocycles. The number of fused-ring (bicyclic) bond motifs is 8. The van der Waals surface area contributed by atoms with Crippen LogP contribution in [0.5, 0.6) is 0 Å². The van der Waals surface area contributed by atoms with Gasteiger partial charge in [-0.05, 0) is 232 Å². The van der Waals surface area contributed by atoms with Crippen LogP contribution < -0.4 is 5.32 Å². The number of nitrogens with one attached hydrogen (secondary N) is 9. The van der Waals surface area contributed by atoms with Crippen LogP contribution in [0.4, 0.5) is 5.69 Å². The Labute approximate surface area is 807 Å². The van der Waals surface area contributed by atoms with E-state index in [9.17, 15) is 4.79 Å². The summed E-state index contributed by atoms with van der Waals surface area (Å²) in [6.45, 7) is 13.6. The first-order chi connectivity index (χ1) is 69.1. The van der Waals surface area contributed by atoms with Crippen molar-refractivity contribution >= 4 is 99.3 Å². The zero-order chi connectivity index (χ0) is 95.0. The average Bonchev–Trinajstić information content (AvgIpc) is 1.63. The summed E-state index contributed by atoms with van der Waals surface area (Å²) in [6, 6.07) is 65.9. The third kappa shape index (κ3) is 18.5. The number of piperidine rings is 1. The van der Waals surface area contributed by atoms with Crippen molar-refractivity contribution in [3.63, 3.8) is 0 Å². The number of furan rings is 4. The summed E-state index contributed by atoms with van der Waals surface area (Å²) in [6.07, 6.45) is 35.7. The molecule has 2 fully saturated rings. The fraction of sp³-hybridized carbons (Fsp3) is 0.170. The van der Waals surface area contributed by atoms with Crippen LogP contribution in [-0.2, 0) is 24.4 Å². The van der Waals surface area contributed by atoms with Crippen molar-refractivity contribution in [3.05, 3.63) is 310 Å². The number of rotatable bonds is 20. The van der Waals surface area contributed by atoms with E-state index in [1.165, 1.54) is 75.0 Å². The van der Waals surface area contributed by atoms with Crippen LogP contribution in [0.15, 0.2) is 311 Å². The van der Waals surface area contributed by atoms with Crippen LogP contribution >= 0.6 is 0 Å². The van der Waals surface area contributed by atoms with Crippen LogP contribution in [0.2, 0.25) is 0 Å². The highest BCUT2D eigenvalue weighted by Crippen LogP contribution is 2.41. The van der Waals surface area contributed by atoms with Crippen molar-refractivity contribution in [2.75, 3.05) is 45.6 Å². The lowest BCUT2D eigenvalue weighted by Gasteiger charge is -2.26. The van der Waals surface area contributed by atoms with Gasteiger partial charge >= 0.3 is 0 Å². The number of pyridine rings is 4. The Morgan fingerprint density at radius 1 is 0.340 bits per heavy atom. The number of hydrogen-bond acceptors (Lipinski definition) is 20. The van der Waals surface area contributed by atoms with Gasteiger partial charge in [-0.25, -0.2) is 19.9 Å². The van der Waals surface area contributed by atoms with E-state index < -0.39 is 0 Å². The Hall–Kier alpha value is -17.4. The summed E-state index contributed by atoms with van der Waals surface area (Å²) in [5, 5.41) is 37.9. The number of H-pyrrole nitrogens is 8. The minimum Gasteiger partial charge on any atom is -0.472 e. The summed E-state index contributed by atoms with van der Waals surface area (Å²) < 4.78 is 21.1. The molecule has 0 aliphatic carbocycles. The Kier molecular flexibility index (Phi) is 23.6. The number of nitrogens with zero attached hydrogens (tertiary/aromatic N) is 15. The first-order valence-electron chi connectivity index (χ1n) is 47.3. The van der Waals surface area contributed by atoms with Gasteiger partial charge in [0.05, 0.1) is 128 Å². The molecule has 29 heteroatoms. The van der Waals surface area contributed by atoms with Gasteiger partial charge in [0.25, 0.3) is 0 Å². The number of hydrogen-bond donors (Lipinski definition) is 9. The van der Waals surface area contributed by atoms with Gasteiger partial charge in [-0.15, -0.1) is 0 Å². The van der Waals surface area contributed by atoms with Crippen molar-refractivity contribution in [3.8, 4) is 135 Å². The molecule has 0 bridgehead atoms. The average molecular weight is 1860 g/mol. The highest BCUT2D eigenvalue weighted by Gasteiger charge is 2.26. The lowest BCUT2D eigenvalue weighted by molar-refractivity contribution is -0.117. The number of amides is 1. The van der Waals surface area contributed by atoms with Crippen molar-refractivity contribution < 1.29 is 22.5 Å². The Balaban J connectivity index is 0.000000105. The van der Waals surface area contributed by atoms with E-state index in [1.54, 1.807) is 62.5 Å². The molecule has 9 N–H and O–H groups in total. The quantitative estimate of drug-likeness (QED) is 0.0342. The molecule has 24 aromatic rings. The fourth-order valence-electron chi connectivity index (χ4n) is 19.2. The number of carbonyl (C=O) groups is 1. The summed E-state index contributed by atoms with van der Waals surface area (Å²) in [7, 11) is 4.11. The van der Waals surface area contributed by atoms with Crippen LogP contribution in [0, 0.1) is 5.41 Å². The van der Waals surface area contributed by atoms with Crippen LogP contribution in [0.3, 0.4) is 0 Å². The van der Waals surface area contributed by atoms with Gasteiger partial charge in [0.2, 0.25) is 5.91 Å². The number of aromatic nitrogens is 20. The Morgan fingerprint density at radius 2 is 0.652 bits per heavy atom. The molecule has 8 aromatic carbocycles. The molecule has 2 saturated heterocycles. The predicted octanol–water partition coefficient (Wildman–Crippen LogP) is 24.7. The monoisotopic (exact) mass is 1860 g/mol. The standard InChI is InChI=1S/C29H26N6O2.C29H26N6O.C28H24N6O.C26H22N6O/c1-29(2,3)13-25(36)31-20-11-19(14-30-15-20)17-7-8-23-22(12-17)27(35-34-23)28-32-24-6-4-5-21(26(24)33-28)18-9-10-37-16-18;1-2-10-35(11-3-1)17-19-13-22(16-30-15-19)20-7-8-25-24(14-20)28(34-33-25)29-31-26-6-4-5-23(27(26)32-29)21-9-12-36-18-21;1-2-10-34(9-1)16-18-12-21(15-29-14-18)19-6-7-24-23(13-19)27(33-32-24)28-30-25-5-3-4-22(26(25)31-28)20-8-11-35-17-20;1-32(2)14-16-10-19(13-27-12-16)17-6-7-22-21(11-17)25(31-30-22)26-28-23-5-3-4-20(24(23)29-26)18-8-9-33-15-18/h4-12,14-16H,13H2,1-3H3,(H,31,36)(H,32,33)(H,34,35);4-9,12-16,18H,1-3,10-11,17H2,(H,31,32)(H,33,34);3-8,11-15,17H,1-2,9-10,16H2,(H,30,31)(H,32,33);3-13,15H,14H2,1-2H3,(H,28,29)(H,30,31). The second-order valence-electron chi connectivity index (χ2n) is 37.6. The van der Waals surface area contributed by atoms with Gasteiger partial charge in [0.15, 0.2) is 23.3 Å². The van der Waals surface area contributed by atoms with E-state index in [2.05, 4.69) is 206 Å². The predicted molar refractivity (Wildman–Crippen MR) is 552 cm³/mol. The highest BCUT2D eigenvalue weighted by atomic mass is 16.3. The normalized spacial score (nSPS) is 13.2. The van der Waals surface area contributed by atoms with Gasteiger partial charge in [0.1, 0.15) is 22.8 Å². The molecule has 2 aliphatic rings. The van der Waals surface area contributed by atoms with E-state index in [1.807, 2.05) is 161 Å². The van der Waals surface area contributed by atoms with Crippen molar-refractivity contribution in [2.24, 2.45) is 5.41 Å². The molecule has 0 unspecified atom stereocenters. The SMILES string of the molecule is CC(C)(C)CC(=O)Nc1cncc(-c2ccc3[nH]nc(-c4nc5c(-c6ccoc6)cccc5[nH]4)c3c2)c1.CN(C)Cc1cncc(-c2ccc3[nH]nc(-c4nc5c(-c6ccoc6)cccc5[nH]4)c3c2)c1.c1cc(-c2ccoc2)c2nc(-c3n[nH]c4ccc(-c5cncc(CN6CCCC6)c5)cc34)[nH]c2c1.c1cc(-c2ccoc2)c2nc(-c3n[nH]c4ccc(-c5cncc(CN6CCCCC6)c5)cc34)[nH]c2c1. The lowest BCUT2D eigenvalue weighted by atomic mass is 9.92. The van der Waals surface area contributed by atoms with E-state index >= 15 is 0 Å². The van der Waals surface area contributed by atoms with E-state index in [0.717, 1.165) is 237 Å². The Morgan fingerprint density at radius 3 is 0.972 bits per heavy atom. The second-order valence-corrected chi connectivity index (χ2v) is 37.6. The summed E-state index contributed by atoms with van der Waals surface area (Å²) in [5.41, 5.74) is 35.1. The third-order valence-electron chi connectivity index (χ3n) is 25.9. The number of likely N-dealkylation sites (tertiary alicyclic amines) is 2. The number of para-hydroxylation sites is 4. The zero-order valence-electron chi connectivity index (χ0n) is 78.2. The molecule has 696 valence electrons. The molecular formula is C112H98N24O5. The number of imidazole rings is 4. The fourth-order valence-corrected chi connectivity index (χ4v) is 19.2. The molecule has 2 aliphatic heterocycles. The summed E-state index contributed by atoms with van der Waals surface area (Å²) >= 11 is 0.